The van der Waals surface area contributed by atoms with Crippen LogP contribution >= 0.6 is 0 Å². The first kappa shape index (κ1) is 16.8. The lowest BCUT2D eigenvalue weighted by Crippen LogP contribution is -2.30. The molecule has 27 heavy (non-hydrogen) atoms. The smallest absolute Gasteiger partial charge is 0.323 e. The number of carbonyl (C=O) groups is 2. The predicted octanol–water partition coefficient (Wildman–Crippen LogP) is 3.71. The first-order chi connectivity index (χ1) is 13.1. The lowest BCUT2D eigenvalue weighted by atomic mass is 10.2. The molecule has 1 aromatic heterocycles. The van der Waals surface area contributed by atoms with Crippen LogP contribution in [0.4, 0.5) is 9.18 Å². The van der Waals surface area contributed by atoms with Crippen LogP contribution in [0.5, 0.6) is 0 Å². The molecule has 1 fully saturated rings. The van der Waals surface area contributed by atoms with E-state index in [-0.39, 0.29) is 18.1 Å². The van der Waals surface area contributed by atoms with Gasteiger partial charge in [-0.2, -0.15) is 0 Å². The van der Waals surface area contributed by atoms with Crippen LogP contribution in [-0.4, -0.2) is 21.4 Å². The molecule has 1 N–H and O–H groups in total. The van der Waals surface area contributed by atoms with Crippen molar-refractivity contribution >= 4 is 18.0 Å². The standard InChI is InChI=1S/C21H16FN3O2/c22-17-8-6-15(7-9-17)14-25-20(26)19(23-21(25)27)12-16-10-11-24(13-16)18-4-2-1-3-5-18/h1-13H,14H2,(H,23,27)/b19-12+. The molecule has 5 nitrogen and oxygen atoms in total. The lowest BCUT2D eigenvalue weighted by molar-refractivity contribution is -0.123. The number of carbonyl (C=O) groups excluding carboxylic acids is 2. The second-order valence-corrected chi connectivity index (χ2v) is 6.19. The first-order valence-electron chi connectivity index (χ1n) is 8.42. The van der Waals surface area contributed by atoms with E-state index in [1.807, 2.05) is 53.4 Å². The van der Waals surface area contributed by atoms with Gasteiger partial charge in [-0.1, -0.05) is 30.3 Å². The Labute approximate surface area is 155 Å². The van der Waals surface area contributed by atoms with Gasteiger partial charge in [-0.3, -0.25) is 9.69 Å². The van der Waals surface area contributed by atoms with Crippen molar-refractivity contribution in [3.8, 4) is 5.69 Å². The van der Waals surface area contributed by atoms with Crippen molar-refractivity contribution in [3.05, 3.63) is 95.7 Å². The second kappa shape index (κ2) is 6.92. The molecule has 1 aliphatic rings. The topological polar surface area (TPSA) is 54.3 Å². The Hall–Kier alpha value is -3.67. The molecule has 134 valence electrons. The molecular formula is C21H16FN3O2. The lowest BCUT2D eigenvalue weighted by Gasteiger charge is -2.11. The van der Waals surface area contributed by atoms with Gasteiger partial charge in [0.1, 0.15) is 11.5 Å². The summed E-state index contributed by atoms with van der Waals surface area (Å²) in [6, 6.07) is 16.9. The molecule has 0 unspecified atom stereocenters. The molecule has 0 atom stereocenters. The summed E-state index contributed by atoms with van der Waals surface area (Å²) in [5.74, 6) is -0.767. The Morgan fingerprint density at radius 2 is 1.70 bits per heavy atom. The van der Waals surface area contributed by atoms with Crippen LogP contribution in [0.15, 0.2) is 78.8 Å². The van der Waals surface area contributed by atoms with Gasteiger partial charge in [-0.15, -0.1) is 0 Å². The van der Waals surface area contributed by atoms with Crippen molar-refractivity contribution in [2.75, 3.05) is 0 Å². The zero-order valence-corrected chi connectivity index (χ0v) is 14.3. The van der Waals surface area contributed by atoms with Gasteiger partial charge in [0.2, 0.25) is 0 Å². The number of nitrogens with one attached hydrogen (secondary N) is 1. The van der Waals surface area contributed by atoms with Crippen LogP contribution in [0, 0.1) is 5.82 Å². The van der Waals surface area contributed by atoms with E-state index in [1.165, 1.54) is 12.1 Å². The van der Waals surface area contributed by atoms with Crippen molar-refractivity contribution < 1.29 is 14.0 Å². The molecule has 4 rings (SSSR count). The van der Waals surface area contributed by atoms with Gasteiger partial charge < -0.3 is 9.88 Å². The first-order valence-corrected chi connectivity index (χ1v) is 8.42. The SMILES string of the molecule is O=C1N/C(=C/c2ccn(-c3ccccc3)c2)C(=O)N1Cc1ccc(F)cc1. The quantitative estimate of drug-likeness (QED) is 0.569. The molecule has 0 radical (unpaired) electrons. The maximum absolute atomic E-state index is 13.0. The summed E-state index contributed by atoms with van der Waals surface area (Å²) in [7, 11) is 0. The molecular weight excluding hydrogens is 345 g/mol. The summed E-state index contributed by atoms with van der Waals surface area (Å²) in [6.45, 7) is 0.0906. The van der Waals surface area contributed by atoms with Crippen molar-refractivity contribution in [2.45, 2.75) is 6.54 Å². The van der Waals surface area contributed by atoms with Crippen molar-refractivity contribution in [1.82, 2.24) is 14.8 Å². The molecule has 0 aliphatic carbocycles. The van der Waals surface area contributed by atoms with Gasteiger partial charge in [0.15, 0.2) is 0 Å². The van der Waals surface area contributed by atoms with Crippen LogP contribution in [0.2, 0.25) is 0 Å². The van der Waals surface area contributed by atoms with Crippen LogP contribution in [0.25, 0.3) is 11.8 Å². The summed E-state index contributed by atoms with van der Waals surface area (Å²) in [4.78, 5) is 25.8. The molecule has 3 aromatic rings. The third-order valence-electron chi connectivity index (χ3n) is 4.30. The van der Waals surface area contributed by atoms with E-state index >= 15 is 0 Å². The predicted molar refractivity (Wildman–Crippen MR) is 99.2 cm³/mol. The number of amides is 3. The third-order valence-corrected chi connectivity index (χ3v) is 4.30. The van der Waals surface area contributed by atoms with Gasteiger partial charge in [0.05, 0.1) is 6.54 Å². The van der Waals surface area contributed by atoms with E-state index in [4.69, 9.17) is 0 Å². The van der Waals surface area contributed by atoms with Crippen LogP contribution < -0.4 is 5.32 Å². The molecule has 0 bridgehead atoms. The van der Waals surface area contributed by atoms with Crippen molar-refractivity contribution in [2.24, 2.45) is 0 Å². The van der Waals surface area contributed by atoms with E-state index in [0.717, 1.165) is 16.2 Å². The van der Waals surface area contributed by atoms with Crippen LogP contribution in [-0.2, 0) is 11.3 Å². The highest BCUT2D eigenvalue weighted by Gasteiger charge is 2.33. The number of nitrogens with zero attached hydrogens (tertiary/aromatic N) is 2. The largest absolute Gasteiger partial charge is 0.329 e. The number of urea groups is 1. The maximum atomic E-state index is 13.0. The van der Waals surface area contributed by atoms with E-state index < -0.39 is 11.9 Å². The van der Waals surface area contributed by atoms with Crippen LogP contribution in [0.1, 0.15) is 11.1 Å². The third kappa shape index (κ3) is 3.50. The normalized spacial score (nSPS) is 15.4. The molecule has 0 spiro atoms. The molecule has 1 aliphatic heterocycles. The Balaban J connectivity index is 1.53. The second-order valence-electron chi connectivity index (χ2n) is 6.19. The number of aromatic nitrogens is 1. The Bertz CT molecular complexity index is 1020. The van der Waals surface area contributed by atoms with Crippen LogP contribution in [0.3, 0.4) is 0 Å². The number of benzene rings is 2. The van der Waals surface area contributed by atoms with E-state index in [0.29, 0.717) is 5.56 Å². The highest BCUT2D eigenvalue weighted by atomic mass is 19.1. The van der Waals surface area contributed by atoms with E-state index in [1.54, 1.807) is 18.2 Å². The highest BCUT2D eigenvalue weighted by Crippen LogP contribution is 2.18. The zero-order valence-electron chi connectivity index (χ0n) is 14.3. The molecule has 2 heterocycles. The number of hydrogen-bond acceptors (Lipinski definition) is 2. The average Bonchev–Trinajstić information content (AvgIpc) is 3.25. The number of halogens is 1. The number of para-hydroxylation sites is 1. The average molecular weight is 361 g/mol. The summed E-state index contributed by atoms with van der Waals surface area (Å²) in [6.07, 6.45) is 5.41. The van der Waals surface area contributed by atoms with Gasteiger partial charge in [-0.25, -0.2) is 9.18 Å². The summed E-state index contributed by atoms with van der Waals surface area (Å²) in [5.41, 5.74) is 2.69. The Morgan fingerprint density at radius 3 is 2.44 bits per heavy atom. The van der Waals surface area contributed by atoms with Crippen molar-refractivity contribution in [1.29, 1.82) is 0 Å². The fraction of sp³-hybridized carbons (Fsp3) is 0.0476. The minimum atomic E-state index is -0.488. The molecule has 3 amide bonds. The zero-order chi connectivity index (χ0) is 18.8. The molecule has 1 saturated heterocycles. The molecule has 2 aromatic carbocycles. The van der Waals surface area contributed by atoms with Gasteiger partial charge in [0, 0.05) is 18.1 Å². The minimum Gasteiger partial charge on any atom is -0.323 e. The highest BCUT2D eigenvalue weighted by molar-refractivity contribution is 6.13. The fourth-order valence-corrected chi connectivity index (χ4v) is 2.91. The Kier molecular flexibility index (Phi) is 4.30. The number of imide groups is 1. The van der Waals surface area contributed by atoms with Gasteiger partial charge in [0.25, 0.3) is 5.91 Å². The fourth-order valence-electron chi connectivity index (χ4n) is 2.91. The Morgan fingerprint density at radius 1 is 0.963 bits per heavy atom. The molecule has 6 heteroatoms. The van der Waals surface area contributed by atoms with Gasteiger partial charge >= 0.3 is 6.03 Å². The minimum absolute atomic E-state index is 0.0906. The maximum Gasteiger partial charge on any atom is 0.329 e. The van der Waals surface area contributed by atoms with Crippen molar-refractivity contribution in [3.63, 3.8) is 0 Å². The van der Waals surface area contributed by atoms with Gasteiger partial charge in [-0.05, 0) is 47.5 Å². The summed E-state index contributed by atoms with van der Waals surface area (Å²) >= 11 is 0. The number of rotatable bonds is 4. The van der Waals surface area contributed by atoms with E-state index in [9.17, 15) is 14.0 Å². The van der Waals surface area contributed by atoms with E-state index in [2.05, 4.69) is 5.32 Å². The summed E-state index contributed by atoms with van der Waals surface area (Å²) in [5, 5.41) is 2.60. The molecule has 0 saturated carbocycles. The summed E-state index contributed by atoms with van der Waals surface area (Å²) < 4.78 is 14.9. The monoisotopic (exact) mass is 361 g/mol. The number of hydrogen-bond donors (Lipinski definition) is 1.